The van der Waals surface area contributed by atoms with Crippen LogP contribution < -0.4 is 0 Å². The number of ether oxygens (including phenoxy) is 3. The number of hydrogen-bond donors (Lipinski definition) is 0. The number of esters is 2. The van der Waals surface area contributed by atoms with Crippen molar-refractivity contribution in [2.75, 3.05) is 7.11 Å². The molecule has 0 aromatic carbocycles. The molecule has 6 atom stereocenters. The smallest absolute Gasteiger partial charge is 0.340 e. The van der Waals surface area contributed by atoms with Crippen LogP contribution in [0, 0.1) is 22.7 Å². The summed E-state index contributed by atoms with van der Waals surface area (Å²) < 4.78 is 23.0. The van der Waals surface area contributed by atoms with E-state index in [1.807, 2.05) is 26.8 Å². The van der Waals surface area contributed by atoms with Gasteiger partial charge < -0.3 is 18.6 Å². The molecule has 1 aromatic rings. The first-order valence-electron chi connectivity index (χ1n) is 11.8. The zero-order valence-corrected chi connectivity index (χ0v) is 19.9. The summed E-state index contributed by atoms with van der Waals surface area (Å²) in [7, 11) is 1.36. The van der Waals surface area contributed by atoms with E-state index < -0.39 is 40.5 Å². The maximum atomic E-state index is 13.4. The van der Waals surface area contributed by atoms with Crippen LogP contribution in [0.25, 0.3) is 0 Å². The summed E-state index contributed by atoms with van der Waals surface area (Å²) in [5.74, 6) is -1.10. The summed E-state index contributed by atoms with van der Waals surface area (Å²) in [6.07, 6.45) is 4.60. The molecule has 3 heterocycles. The number of furan rings is 1. The van der Waals surface area contributed by atoms with Crippen LogP contribution >= 0.6 is 0 Å². The topological polar surface area (TPSA) is 92.0 Å². The second-order valence-electron chi connectivity index (χ2n) is 11.0. The lowest BCUT2D eigenvalue weighted by Crippen LogP contribution is -2.64. The van der Waals surface area contributed by atoms with Crippen LogP contribution in [-0.2, 0) is 28.6 Å². The zero-order valence-electron chi connectivity index (χ0n) is 19.9. The van der Waals surface area contributed by atoms with Gasteiger partial charge in [0.1, 0.15) is 11.9 Å². The van der Waals surface area contributed by atoms with Gasteiger partial charge in [-0.3, -0.25) is 9.59 Å². The number of Topliss-reactive ketones (excluding diaryl/α,β-unsaturated/α-hetero) is 1. The van der Waals surface area contributed by atoms with Crippen LogP contribution in [0.2, 0.25) is 0 Å². The van der Waals surface area contributed by atoms with E-state index in [2.05, 4.69) is 6.92 Å². The fourth-order valence-corrected chi connectivity index (χ4v) is 7.23. The largest absolute Gasteiger partial charge is 0.472 e. The lowest BCUT2D eigenvalue weighted by molar-refractivity contribution is -0.228. The molecule has 7 nitrogen and oxygen atoms in total. The van der Waals surface area contributed by atoms with Crippen molar-refractivity contribution >= 4 is 17.7 Å². The maximum absolute atomic E-state index is 13.4. The van der Waals surface area contributed by atoms with E-state index in [1.165, 1.54) is 7.11 Å². The van der Waals surface area contributed by atoms with Crippen LogP contribution in [0.3, 0.4) is 0 Å². The van der Waals surface area contributed by atoms with Crippen LogP contribution in [0.5, 0.6) is 0 Å². The summed E-state index contributed by atoms with van der Waals surface area (Å²) in [6.45, 7) is 7.89. The van der Waals surface area contributed by atoms with Crippen molar-refractivity contribution in [1.29, 1.82) is 0 Å². The SMILES string of the molecule is COC(=O)CC1C(C)(C)C(=O)CCC2=C3C4OC1(C)C2CCC3(C)C(c1ccoc1)OC4=O. The summed E-state index contributed by atoms with van der Waals surface area (Å²) in [6, 6.07) is 1.84. The van der Waals surface area contributed by atoms with Gasteiger partial charge in [0, 0.05) is 34.7 Å². The van der Waals surface area contributed by atoms with Gasteiger partial charge in [0.15, 0.2) is 6.10 Å². The molecule has 178 valence electrons. The highest BCUT2D eigenvalue weighted by molar-refractivity contribution is 5.87. The van der Waals surface area contributed by atoms with Crippen LogP contribution in [0.4, 0.5) is 0 Å². The highest BCUT2D eigenvalue weighted by atomic mass is 16.6. The Morgan fingerprint density at radius 2 is 1.94 bits per heavy atom. The Morgan fingerprint density at radius 1 is 1.18 bits per heavy atom. The number of carbonyl (C=O) groups is 3. The molecule has 7 heteroatoms. The molecule has 1 saturated carbocycles. The molecular formula is C26H32O7. The quantitative estimate of drug-likeness (QED) is 0.494. The van der Waals surface area contributed by atoms with Crippen LogP contribution in [0.15, 0.2) is 34.2 Å². The minimum absolute atomic E-state index is 0.0229. The lowest BCUT2D eigenvalue weighted by atomic mass is 9.51. The summed E-state index contributed by atoms with van der Waals surface area (Å²) in [5, 5.41) is 0. The molecule has 33 heavy (non-hydrogen) atoms. The molecule has 0 amide bonds. The van der Waals surface area contributed by atoms with Gasteiger partial charge in [-0.1, -0.05) is 26.3 Å². The van der Waals surface area contributed by atoms with Gasteiger partial charge >= 0.3 is 11.9 Å². The molecule has 0 spiro atoms. The number of methoxy groups -OCH3 is 1. The zero-order chi connectivity index (χ0) is 23.8. The minimum atomic E-state index is -0.875. The van der Waals surface area contributed by atoms with Gasteiger partial charge in [0.05, 0.1) is 31.7 Å². The number of carbonyl (C=O) groups excluding carboxylic acids is 3. The molecule has 2 aliphatic carbocycles. The second-order valence-corrected chi connectivity index (χ2v) is 11.0. The van der Waals surface area contributed by atoms with Gasteiger partial charge in [-0.05, 0) is 37.8 Å². The molecular weight excluding hydrogens is 424 g/mol. The van der Waals surface area contributed by atoms with E-state index in [9.17, 15) is 14.4 Å². The van der Waals surface area contributed by atoms with Crippen molar-refractivity contribution in [3.05, 3.63) is 35.3 Å². The number of hydrogen-bond acceptors (Lipinski definition) is 7. The Balaban J connectivity index is 1.69. The summed E-state index contributed by atoms with van der Waals surface area (Å²) >= 11 is 0. The molecule has 4 aliphatic rings. The normalized spacial score (nSPS) is 39.4. The fraction of sp³-hybridized carbons (Fsp3) is 0.654. The van der Waals surface area contributed by atoms with E-state index in [1.54, 1.807) is 12.5 Å². The predicted molar refractivity (Wildman–Crippen MR) is 117 cm³/mol. The van der Waals surface area contributed by atoms with E-state index in [0.717, 1.165) is 29.6 Å². The lowest BCUT2D eigenvalue weighted by Gasteiger charge is -2.61. The van der Waals surface area contributed by atoms with E-state index in [0.29, 0.717) is 12.8 Å². The Bertz CT molecular complexity index is 1040. The number of rotatable bonds is 3. The molecule has 2 aliphatic heterocycles. The molecule has 0 N–H and O–H groups in total. The average Bonchev–Trinajstić information content (AvgIpc) is 3.30. The second kappa shape index (κ2) is 7.29. The van der Waals surface area contributed by atoms with Crippen LogP contribution in [0.1, 0.15) is 71.5 Å². The number of cyclic esters (lactones) is 1. The minimum Gasteiger partial charge on any atom is -0.472 e. The Labute approximate surface area is 193 Å². The molecule has 1 aromatic heterocycles. The van der Waals surface area contributed by atoms with Crippen molar-refractivity contribution in [2.45, 2.75) is 77.6 Å². The highest BCUT2D eigenvalue weighted by Crippen LogP contribution is 2.65. The Morgan fingerprint density at radius 3 is 2.61 bits per heavy atom. The van der Waals surface area contributed by atoms with Crippen molar-refractivity contribution in [3.63, 3.8) is 0 Å². The first-order chi connectivity index (χ1) is 15.5. The third-order valence-electron chi connectivity index (χ3n) is 9.03. The molecule has 0 radical (unpaired) electrons. The van der Waals surface area contributed by atoms with Gasteiger partial charge in [0.2, 0.25) is 0 Å². The predicted octanol–water partition coefficient (Wildman–Crippen LogP) is 4.32. The monoisotopic (exact) mass is 456 g/mol. The van der Waals surface area contributed by atoms with Crippen molar-refractivity contribution in [2.24, 2.45) is 22.7 Å². The molecule has 4 bridgehead atoms. The summed E-state index contributed by atoms with van der Waals surface area (Å²) in [4.78, 5) is 39.2. The van der Waals surface area contributed by atoms with E-state index >= 15 is 0 Å². The Kier molecular flexibility index (Phi) is 4.95. The fourth-order valence-electron chi connectivity index (χ4n) is 7.23. The Hall–Kier alpha value is -2.41. The maximum Gasteiger partial charge on any atom is 0.340 e. The van der Waals surface area contributed by atoms with E-state index in [4.69, 9.17) is 18.6 Å². The van der Waals surface area contributed by atoms with E-state index in [-0.39, 0.29) is 24.1 Å². The van der Waals surface area contributed by atoms with Gasteiger partial charge in [0.25, 0.3) is 0 Å². The first-order valence-corrected chi connectivity index (χ1v) is 11.8. The third-order valence-corrected chi connectivity index (χ3v) is 9.03. The van der Waals surface area contributed by atoms with Crippen molar-refractivity contribution in [1.82, 2.24) is 0 Å². The standard InChI is InChI=1S/C26H32O7/c1-24(2)17(12-19(28)30-5)26(4)16-8-10-25(3)20(15(16)6-7-18(24)27)21(33-26)23(29)32-22(25)14-9-11-31-13-14/h9,11,13,16-17,21-22H,6-8,10,12H2,1-5H3. The molecule has 1 saturated heterocycles. The molecule has 2 fully saturated rings. The van der Waals surface area contributed by atoms with Crippen molar-refractivity contribution in [3.8, 4) is 0 Å². The number of ketones is 1. The molecule has 5 rings (SSSR count). The van der Waals surface area contributed by atoms with Gasteiger partial charge in [-0.15, -0.1) is 0 Å². The van der Waals surface area contributed by atoms with Crippen LogP contribution in [-0.4, -0.2) is 36.5 Å². The van der Waals surface area contributed by atoms with Crippen molar-refractivity contribution < 1.29 is 33.0 Å². The summed E-state index contributed by atoms with van der Waals surface area (Å²) in [5.41, 5.74) is 0.834. The first kappa shape index (κ1) is 22.4. The van der Waals surface area contributed by atoms with Gasteiger partial charge in [-0.25, -0.2) is 4.79 Å². The van der Waals surface area contributed by atoms with Gasteiger partial charge in [-0.2, -0.15) is 0 Å². The third kappa shape index (κ3) is 3.00. The molecule has 6 unspecified atom stereocenters. The average molecular weight is 457 g/mol. The highest BCUT2D eigenvalue weighted by Gasteiger charge is 2.65.